The second-order valence-electron chi connectivity index (χ2n) is 11.1. The number of carbonyl (C=O) groups is 2. The van der Waals surface area contributed by atoms with E-state index in [0.717, 1.165) is 32.1 Å². The van der Waals surface area contributed by atoms with Crippen LogP contribution >= 0.6 is 0 Å². The minimum atomic E-state index is -4.16. The van der Waals surface area contributed by atoms with Crippen LogP contribution in [0.4, 0.5) is 5.69 Å². The molecule has 9 heteroatoms. The van der Waals surface area contributed by atoms with Crippen LogP contribution in [0.1, 0.15) is 34.7 Å². The van der Waals surface area contributed by atoms with E-state index in [9.17, 15) is 18.0 Å². The van der Waals surface area contributed by atoms with Gasteiger partial charge in [-0.05, 0) is 86.3 Å². The first-order chi connectivity index (χ1) is 21.5. The van der Waals surface area contributed by atoms with E-state index in [-0.39, 0.29) is 23.8 Å². The summed E-state index contributed by atoms with van der Waals surface area (Å²) in [7, 11) is -2.60. The van der Waals surface area contributed by atoms with Gasteiger partial charge in [-0.2, -0.15) is 0 Å². The zero-order valence-corrected chi connectivity index (χ0v) is 27.3. The number of rotatable bonds is 13. The maximum Gasteiger partial charge on any atom is 0.264 e. The third-order valence-electron chi connectivity index (χ3n) is 7.78. The summed E-state index contributed by atoms with van der Waals surface area (Å²) in [5.74, 6) is -0.230. The lowest BCUT2D eigenvalue weighted by Gasteiger charge is -2.34. The molecule has 0 heterocycles. The molecule has 8 nitrogen and oxygen atoms in total. The van der Waals surface area contributed by atoms with Gasteiger partial charge in [-0.3, -0.25) is 13.9 Å². The summed E-state index contributed by atoms with van der Waals surface area (Å²) in [4.78, 5) is 29.7. The van der Waals surface area contributed by atoms with Gasteiger partial charge in [0.15, 0.2) is 0 Å². The molecule has 0 fully saturated rings. The van der Waals surface area contributed by atoms with Crippen molar-refractivity contribution in [3.05, 3.63) is 125 Å². The van der Waals surface area contributed by atoms with Gasteiger partial charge in [0, 0.05) is 19.5 Å². The highest BCUT2D eigenvalue weighted by Crippen LogP contribution is 2.27. The first kappa shape index (κ1) is 33.3. The fourth-order valence-corrected chi connectivity index (χ4v) is 6.47. The van der Waals surface area contributed by atoms with Crippen molar-refractivity contribution in [3.63, 3.8) is 0 Å². The molecule has 0 unspecified atom stereocenters. The molecule has 0 bridgehead atoms. The third-order valence-corrected chi connectivity index (χ3v) is 9.56. The normalized spacial score (nSPS) is 11.8. The fourth-order valence-electron chi connectivity index (χ4n) is 5.06. The molecule has 0 saturated heterocycles. The molecule has 4 aromatic rings. The van der Waals surface area contributed by atoms with Gasteiger partial charge in [-0.25, -0.2) is 8.42 Å². The number of nitrogens with one attached hydrogen (secondary N) is 1. The average molecular weight is 628 g/mol. The first-order valence-corrected chi connectivity index (χ1v) is 16.4. The molecular weight excluding hydrogens is 586 g/mol. The number of hydrogen-bond acceptors (Lipinski definition) is 5. The van der Waals surface area contributed by atoms with E-state index in [1.807, 2.05) is 82.3 Å². The number of ether oxygens (including phenoxy) is 1. The first-order valence-electron chi connectivity index (χ1n) is 14.9. The summed E-state index contributed by atoms with van der Waals surface area (Å²) in [6.45, 7) is 7.48. The highest BCUT2D eigenvalue weighted by Gasteiger charge is 2.34. The number of aryl methyl sites for hydroxylation is 3. The van der Waals surface area contributed by atoms with E-state index in [2.05, 4.69) is 5.32 Å². The minimum Gasteiger partial charge on any atom is -0.497 e. The van der Waals surface area contributed by atoms with Crippen molar-refractivity contribution >= 4 is 27.5 Å². The molecule has 236 valence electrons. The Bertz CT molecular complexity index is 1720. The molecule has 0 spiro atoms. The maximum absolute atomic E-state index is 14.5. The van der Waals surface area contributed by atoms with E-state index in [0.29, 0.717) is 18.0 Å². The van der Waals surface area contributed by atoms with Crippen LogP contribution in [0.5, 0.6) is 5.75 Å². The highest BCUT2D eigenvalue weighted by molar-refractivity contribution is 7.92. The number of sulfonamides is 1. The Morgan fingerprint density at radius 1 is 0.822 bits per heavy atom. The number of amides is 2. The summed E-state index contributed by atoms with van der Waals surface area (Å²) >= 11 is 0. The van der Waals surface area contributed by atoms with Crippen molar-refractivity contribution in [2.75, 3.05) is 24.5 Å². The largest absolute Gasteiger partial charge is 0.497 e. The summed E-state index contributed by atoms with van der Waals surface area (Å²) in [5.41, 5.74) is 4.78. The van der Waals surface area contributed by atoms with E-state index in [1.54, 1.807) is 49.6 Å². The van der Waals surface area contributed by atoms with Gasteiger partial charge in [0.05, 0.1) is 17.7 Å². The number of benzene rings is 4. The van der Waals surface area contributed by atoms with Crippen LogP contribution in [-0.2, 0) is 32.6 Å². The molecule has 45 heavy (non-hydrogen) atoms. The van der Waals surface area contributed by atoms with Crippen molar-refractivity contribution in [2.24, 2.45) is 0 Å². The number of hydrogen-bond donors (Lipinski definition) is 1. The Balaban J connectivity index is 1.82. The van der Waals surface area contributed by atoms with Crippen LogP contribution in [0.3, 0.4) is 0 Å². The number of anilines is 1. The van der Waals surface area contributed by atoms with Crippen LogP contribution in [0.25, 0.3) is 0 Å². The summed E-state index contributed by atoms with van der Waals surface area (Å²) in [5, 5.41) is 2.88. The molecule has 4 aromatic carbocycles. The van der Waals surface area contributed by atoms with Gasteiger partial charge in [0.1, 0.15) is 18.3 Å². The Morgan fingerprint density at radius 2 is 1.51 bits per heavy atom. The molecule has 0 aromatic heterocycles. The Hall–Kier alpha value is -4.63. The third kappa shape index (κ3) is 8.30. The molecule has 0 aliphatic heterocycles. The summed E-state index contributed by atoms with van der Waals surface area (Å²) in [6, 6.07) is 27.7. The van der Waals surface area contributed by atoms with Crippen molar-refractivity contribution in [2.45, 2.75) is 51.6 Å². The molecule has 1 N–H and O–H groups in total. The molecule has 0 aliphatic rings. The zero-order chi connectivity index (χ0) is 32.6. The van der Waals surface area contributed by atoms with E-state index < -0.39 is 28.5 Å². The number of nitrogens with zero attached hydrogens (tertiary/aromatic N) is 2. The molecule has 0 radical (unpaired) electrons. The van der Waals surface area contributed by atoms with Crippen molar-refractivity contribution in [1.29, 1.82) is 0 Å². The van der Waals surface area contributed by atoms with Crippen molar-refractivity contribution in [3.8, 4) is 5.75 Å². The Morgan fingerprint density at radius 3 is 2.16 bits per heavy atom. The smallest absolute Gasteiger partial charge is 0.264 e. The second kappa shape index (κ2) is 14.9. The quantitative estimate of drug-likeness (QED) is 0.209. The second-order valence-corrected chi connectivity index (χ2v) is 12.9. The standard InChI is InChI=1S/C36H41N3O5S/c1-6-37-36(41)34(23-29-11-8-7-9-12-29)38(24-30-13-10-14-32(22-30)44-5)35(40)25-39(31-18-17-27(3)28(4)21-31)45(42,43)33-19-15-26(2)16-20-33/h7-22,34H,6,23-25H2,1-5H3,(H,37,41)/t34-/m0/s1. The van der Waals surface area contributed by atoms with Crippen molar-refractivity contribution in [1.82, 2.24) is 10.2 Å². The minimum absolute atomic E-state index is 0.0655. The number of methoxy groups -OCH3 is 1. The van der Waals surface area contributed by atoms with E-state index >= 15 is 0 Å². The van der Waals surface area contributed by atoms with Crippen molar-refractivity contribution < 1.29 is 22.7 Å². The van der Waals surface area contributed by atoms with Gasteiger partial charge in [0.2, 0.25) is 11.8 Å². The number of likely N-dealkylation sites (N-methyl/N-ethyl adjacent to an activating group) is 1. The zero-order valence-electron chi connectivity index (χ0n) is 26.5. The highest BCUT2D eigenvalue weighted by atomic mass is 32.2. The van der Waals surface area contributed by atoms with Crippen LogP contribution in [0.15, 0.2) is 102 Å². The van der Waals surface area contributed by atoms with Gasteiger partial charge < -0.3 is 15.0 Å². The predicted molar refractivity (Wildman–Crippen MR) is 178 cm³/mol. The van der Waals surface area contributed by atoms with Crippen LogP contribution in [0, 0.1) is 20.8 Å². The van der Waals surface area contributed by atoms with E-state index in [4.69, 9.17) is 4.74 Å². The average Bonchev–Trinajstić information content (AvgIpc) is 3.03. The van der Waals surface area contributed by atoms with Crippen LogP contribution < -0.4 is 14.4 Å². The molecular formula is C36H41N3O5S. The van der Waals surface area contributed by atoms with E-state index in [1.165, 1.54) is 4.90 Å². The predicted octanol–water partition coefficient (Wildman–Crippen LogP) is 5.59. The Kier molecular flexibility index (Phi) is 11.0. The fraction of sp³-hybridized carbons (Fsp3) is 0.278. The van der Waals surface area contributed by atoms with Gasteiger partial charge in [0.25, 0.3) is 10.0 Å². The van der Waals surface area contributed by atoms with Gasteiger partial charge in [-0.15, -0.1) is 0 Å². The summed E-state index contributed by atoms with van der Waals surface area (Å²) in [6.07, 6.45) is 0.247. The topological polar surface area (TPSA) is 96.0 Å². The Labute approximate surface area is 266 Å². The molecule has 0 saturated carbocycles. The van der Waals surface area contributed by atoms with Gasteiger partial charge in [-0.1, -0.05) is 66.2 Å². The van der Waals surface area contributed by atoms with Crippen LogP contribution in [0.2, 0.25) is 0 Å². The molecule has 2 amide bonds. The van der Waals surface area contributed by atoms with Gasteiger partial charge >= 0.3 is 0 Å². The molecule has 0 aliphatic carbocycles. The SMILES string of the molecule is CCNC(=O)[C@H](Cc1ccccc1)N(Cc1cccc(OC)c1)C(=O)CN(c1ccc(C)c(C)c1)S(=O)(=O)c1ccc(C)cc1. The lowest BCUT2D eigenvalue weighted by Crippen LogP contribution is -2.53. The monoisotopic (exact) mass is 627 g/mol. The maximum atomic E-state index is 14.5. The lowest BCUT2D eigenvalue weighted by molar-refractivity contribution is -0.140. The van der Waals surface area contributed by atoms with Crippen LogP contribution in [-0.4, -0.2) is 51.4 Å². The summed E-state index contributed by atoms with van der Waals surface area (Å²) < 4.78 is 34.9. The lowest BCUT2D eigenvalue weighted by atomic mass is 10.0. The molecule has 4 rings (SSSR count). The molecule has 1 atom stereocenters. The number of carbonyl (C=O) groups excluding carboxylic acids is 2.